The molecule has 28 heavy (non-hydrogen) atoms. The quantitative estimate of drug-likeness (QED) is 0.797. The maximum absolute atomic E-state index is 13.7. The summed E-state index contributed by atoms with van der Waals surface area (Å²) in [5.74, 6) is 0.364. The molecule has 0 spiro atoms. The highest BCUT2D eigenvalue weighted by Gasteiger charge is 2.54. The molecule has 0 aliphatic carbocycles. The van der Waals surface area contributed by atoms with E-state index in [1.807, 2.05) is 40.1 Å². The largest absolute Gasteiger partial charge is 0.378 e. The minimum Gasteiger partial charge on any atom is -0.378 e. The van der Waals surface area contributed by atoms with Crippen molar-refractivity contribution >= 4 is 11.8 Å². The van der Waals surface area contributed by atoms with Crippen molar-refractivity contribution in [1.82, 2.24) is 14.7 Å². The standard InChI is InChI=1S/C22H31N3O3/c1-2-23-12-9-22(21(27)25-14-16-28-17-15-25)10-13-24(11-8-19(22)23)20(26)18-6-4-3-5-7-18/h3-7,19H,2,8-17H2,1H3/t19-,22-/m1/s1. The molecule has 0 radical (unpaired) electrons. The highest BCUT2D eigenvalue weighted by molar-refractivity contribution is 5.94. The number of carbonyl (C=O) groups excluding carboxylic acids is 2. The van der Waals surface area contributed by atoms with Gasteiger partial charge in [0.1, 0.15) is 0 Å². The van der Waals surface area contributed by atoms with Crippen LogP contribution in [0.15, 0.2) is 30.3 Å². The van der Waals surface area contributed by atoms with E-state index in [0.717, 1.165) is 37.9 Å². The summed E-state index contributed by atoms with van der Waals surface area (Å²) < 4.78 is 5.45. The van der Waals surface area contributed by atoms with Crippen molar-refractivity contribution in [2.45, 2.75) is 32.2 Å². The molecule has 3 aliphatic heterocycles. The molecule has 152 valence electrons. The zero-order valence-electron chi connectivity index (χ0n) is 16.8. The van der Waals surface area contributed by atoms with Gasteiger partial charge in [-0.15, -0.1) is 0 Å². The Hall–Kier alpha value is -1.92. The van der Waals surface area contributed by atoms with E-state index in [0.29, 0.717) is 39.4 Å². The number of hydrogen-bond donors (Lipinski definition) is 0. The average molecular weight is 386 g/mol. The second-order valence-corrected chi connectivity index (χ2v) is 8.15. The number of benzene rings is 1. The molecule has 0 aromatic heterocycles. The summed E-state index contributed by atoms with van der Waals surface area (Å²) in [5, 5.41) is 0. The average Bonchev–Trinajstić information content (AvgIpc) is 3.01. The molecule has 4 rings (SSSR count). The van der Waals surface area contributed by atoms with Gasteiger partial charge in [0.2, 0.25) is 5.91 Å². The zero-order valence-corrected chi connectivity index (χ0v) is 16.8. The predicted molar refractivity (Wildman–Crippen MR) is 107 cm³/mol. The molecule has 1 aromatic carbocycles. The predicted octanol–water partition coefficient (Wildman–Crippen LogP) is 1.86. The van der Waals surface area contributed by atoms with Crippen molar-refractivity contribution in [2.24, 2.45) is 5.41 Å². The number of nitrogens with zero attached hydrogens (tertiary/aromatic N) is 3. The fraction of sp³-hybridized carbons (Fsp3) is 0.636. The van der Waals surface area contributed by atoms with Crippen LogP contribution >= 0.6 is 0 Å². The molecule has 6 nitrogen and oxygen atoms in total. The van der Waals surface area contributed by atoms with Crippen molar-refractivity contribution in [3.63, 3.8) is 0 Å². The van der Waals surface area contributed by atoms with Crippen molar-refractivity contribution in [1.29, 1.82) is 0 Å². The second-order valence-electron chi connectivity index (χ2n) is 8.15. The number of likely N-dealkylation sites (tertiary alicyclic amines) is 2. The lowest BCUT2D eigenvalue weighted by Gasteiger charge is -2.40. The smallest absolute Gasteiger partial charge is 0.253 e. The summed E-state index contributed by atoms with van der Waals surface area (Å²) >= 11 is 0. The van der Waals surface area contributed by atoms with Gasteiger partial charge < -0.3 is 14.5 Å². The first-order valence-corrected chi connectivity index (χ1v) is 10.6. The third kappa shape index (κ3) is 3.44. The van der Waals surface area contributed by atoms with Gasteiger partial charge in [-0.25, -0.2) is 0 Å². The zero-order chi connectivity index (χ0) is 19.6. The second kappa shape index (κ2) is 8.21. The van der Waals surface area contributed by atoms with Gasteiger partial charge in [-0.1, -0.05) is 25.1 Å². The first kappa shape index (κ1) is 19.4. The molecule has 2 amide bonds. The van der Waals surface area contributed by atoms with Crippen LogP contribution in [0, 0.1) is 5.41 Å². The van der Waals surface area contributed by atoms with Crippen molar-refractivity contribution in [2.75, 3.05) is 52.5 Å². The van der Waals surface area contributed by atoms with Gasteiger partial charge in [0.05, 0.1) is 18.6 Å². The van der Waals surface area contributed by atoms with Crippen LogP contribution in [0.5, 0.6) is 0 Å². The first-order valence-electron chi connectivity index (χ1n) is 10.6. The van der Waals surface area contributed by atoms with E-state index in [1.54, 1.807) is 0 Å². The van der Waals surface area contributed by atoms with E-state index in [9.17, 15) is 9.59 Å². The van der Waals surface area contributed by atoms with Crippen molar-refractivity contribution in [3.8, 4) is 0 Å². The third-order valence-corrected chi connectivity index (χ3v) is 6.86. The summed E-state index contributed by atoms with van der Waals surface area (Å²) in [6.07, 6.45) is 2.51. The van der Waals surface area contributed by atoms with E-state index in [1.165, 1.54) is 0 Å². The minimum absolute atomic E-state index is 0.0811. The Morgan fingerprint density at radius 1 is 1.00 bits per heavy atom. The number of morpholine rings is 1. The van der Waals surface area contributed by atoms with E-state index >= 15 is 0 Å². The van der Waals surface area contributed by atoms with Crippen LogP contribution in [0.25, 0.3) is 0 Å². The molecule has 0 N–H and O–H groups in total. The summed E-state index contributed by atoms with van der Waals surface area (Å²) in [5.41, 5.74) is 0.370. The lowest BCUT2D eigenvalue weighted by molar-refractivity contribution is -0.148. The van der Waals surface area contributed by atoms with Crippen LogP contribution < -0.4 is 0 Å². The number of hydrogen-bond acceptors (Lipinski definition) is 4. The maximum Gasteiger partial charge on any atom is 0.253 e. The fourth-order valence-electron chi connectivity index (χ4n) is 5.27. The molecule has 1 aromatic rings. The van der Waals surface area contributed by atoms with Gasteiger partial charge in [-0.3, -0.25) is 14.5 Å². The topological polar surface area (TPSA) is 53.1 Å². The SMILES string of the molecule is CCN1CC[C@@]2(C(=O)N3CCOCC3)CCN(C(=O)c3ccccc3)CC[C@@H]12. The Bertz CT molecular complexity index is 704. The van der Waals surface area contributed by atoms with Crippen LogP contribution in [0.1, 0.15) is 36.5 Å². The molecule has 3 saturated heterocycles. The highest BCUT2D eigenvalue weighted by atomic mass is 16.5. The lowest BCUT2D eigenvalue weighted by atomic mass is 9.75. The Morgan fingerprint density at radius 2 is 1.71 bits per heavy atom. The molecule has 3 heterocycles. The third-order valence-electron chi connectivity index (χ3n) is 6.86. The normalized spacial score (nSPS) is 28.7. The Balaban J connectivity index is 1.56. The molecule has 6 heteroatoms. The van der Waals surface area contributed by atoms with Crippen molar-refractivity contribution < 1.29 is 14.3 Å². The number of ether oxygens (including phenoxy) is 1. The maximum atomic E-state index is 13.7. The number of rotatable bonds is 3. The number of carbonyl (C=O) groups is 2. The molecule has 0 bridgehead atoms. The number of fused-ring (bicyclic) bond motifs is 1. The Morgan fingerprint density at radius 3 is 2.43 bits per heavy atom. The molecular formula is C22H31N3O3. The van der Waals surface area contributed by atoms with Crippen LogP contribution in [0.4, 0.5) is 0 Å². The van der Waals surface area contributed by atoms with E-state index in [2.05, 4.69) is 11.8 Å². The van der Waals surface area contributed by atoms with Gasteiger partial charge in [0.15, 0.2) is 0 Å². The minimum atomic E-state index is -0.362. The number of amides is 2. The molecule has 2 atom stereocenters. The van der Waals surface area contributed by atoms with Gasteiger partial charge in [0, 0.05) is 37.8 Å². The summed E-state index contributed by atoms with van der Waals surface area (Å²) in [6.45, 7) is 8.10. The lowest BCUT2D eigenvalue weighted by Crippen LogP contribution is -2.53. The molecule has 3 aliphatic rings. The summed E-state index contributed by atoms with van der Waals surface area (Å²) in [7, 11) is 0. The van der Waals surface area contributed by atoms with Gasteiger partial charge in [-0.2, -0.15) is 0 Å². The Labute approximate surface area is 167 Å². The summed E-state index contributed by atoms with van der Waals surface area (Å²) in [4.78, 5) is 33.1. The molecule has 3 fully saturated rings. The van der Waals surface area contributed by atoms with E-state index in [-0.39, 0.29) is 23.3 Å². The molecule has 0 unspecified atom stereocenters. The molecule has 0 saturated carbocycles. The molecular weight excluding hydrogens is 354 g/mol. The van der Waals surface area contributed by atoms with E-state index in [4.69, 9.17) is 4.74 Å². The highest BCUT2D eigenvalue weighted by Crippen LogP contribution is 2.45. The summed E-state index contributed by atoms with van der Waals surface area (Å²) in [6, 6.07) is 9.71. The fourth-order valence-corrected chi connectivity index (χ4v) is 5.27. The van der Waals surface area contributed by atoms with Gasteiger partial charge in [-0.05, 0) is 44.5 Å². The van der Waals surface area contributed by atoms with Crippen LogP contribution in [0.2, 0.25) is 0 Å². The van der Waals surface area contributed by atoms with Gasteiger partial charge in [0.25, 0.3) is 5.91 Å². The van der Waals surface area contributed by atoms with Crippen LogP contribution in [-0.2, 0) is 9.53 Å². The van der Waals surface area contributed by atoms with Crippen LogP contribution in [-0.4, -0.2) is 85.0 Å². The monoisotopic (exact) mass is 385 g/mol. The van der Waals surface area contributed by atoms with E-state index < -0.39 is 0 Å². The van der Waals surface area contributed by atoms with Gasteiger partial charge >= 0.3 is 0 Å². The van der Waals surface area contributed by atoms with Crippen LogP contribution in [0.3, 0.4) is 0 Å². The first-order chi connectivity index (χ1) is 13.7. The Kier molecular flexibility index (Phi) is 5.69. The van der Waals surface area contributed by atoms with Crippen molar-refractivity contribution in [3.05, 3.63) is 35.9 Å².